The predicted octanol–water partition coefficient (Wildman–Crippen LogP) is 4.85. The van der Waals surface area contributed by atoms with E-state index in [-0.39, 0.29) is 17.4 Å². The number of carbonyl (C=O) groups is 1. The van der Waals surface area contributed by atoms with Gasteiger partial charge in [0.2, 0.25) is 5.95 Å². The van der Waals surface area contributed by atoms with Crippen molar-refractivity contribution in [2.24, 2.45) is 0 Å². The average molecular weight is 479 g/mol. The number of amides is 1. The molecule has 4 aromatic rings. The number of hydrogen-bond acceptors (Lipinski definition) is 8. The maximum absolute atomic E-state index is 12.6. The lowest BCUT2D eigenvalue weighted by molar-refractivity contribution is -0.384. The lowest BCUT2D eigenvalue weighted by Crippen LogP contribution is -2.26. The highest BCUT2D eigenvalue weighted by molar-refractivity contribution is 6.35. The van der Waals surface area contributed by atoms with Crippen LogP contribution in [0, 0.1) is 10.1 Å². The van der Waals surface area contributed by atoms with Crippen molar-refractivity contribution in [1.29, 1.82) is 0 Å². The molecule has 1 atom stereocenters. The normalized spacial score (nSPS) is 11.6. The summed E-state index contributed by atoms with van der Waals surface area (Å²) in [5.41, 5.74) is 1.20. The summed E-state index contributed by atoms with van der Waals surface area (Å²) >= 11 is 6.59. The molecule has 172 valence electrons. The van der Waals surface area contributed by atoms with E-state index in [1.165, 1.54) is 17.0 Å². The standard InChI is InChI=1S/C23H19ClN6O4/c1-29(2)23(31)34-21-17(13-18(24)16-8-4-9-25-20(16)21)19(28-22-26-10-5-11-27-22)14-6-3-7-15(12-14)30(32)33/h3-13,19H,1-2H3,(H,26,27,28). The molecule has 0 saturated heterocycles. The second kappa shape index (κ2) is 9.67. The molecule has 0 radical (unpaired) electrons. The number of rotatable bonds is 6. The van der Waals surface area contributed by atoms with Crippen LogP contribution in [-0.4, -0.2) is 45.0 Å². The Bertz CT molecular complexity index is 1370. The van der Waals surface area contributed by atoms with Crippen molar-refractivity contribution in [3.63, 3.8) is 0 Å². The smallest absolute Gasteiger partial charge is 0.407 e. The van der Waals surface area contributed by atoms with Crippen LogP contribution in [0.1, 0.15) is 17.2 Å². The fraction of sp³-hybridized carbons (Fsp3) is 0.130. The zero-order chi connectivity index (χ0) is 24.2. The van der Waals surface area contributed by atoms with E-state index in [1.807, 2.05) is 0 Å². The number of nitro groups is 1. The van der Waals surface area contributed by atoms with Gasteiger partial charge in [-0.1, -0.05) is 23.7 Å². The monoisotopic (exact) mass is 478 g/mol. The predicted molar refractivity (Wildman–Crippen MR) is 127 cm³/mol. The molecule has 1 amide bonds. The van der Waals surface area contributed by atoms with Crippen LogP contribution < -0.4 is 10.1 Å². The van der Waals surface area contributed by atoms with Crippen LogP contribution in [0.25, 0.3) is 10.9 Å². The Hall–Kier alpha value is -4.31. The molecule has 2 aromatic heterocycles. The lowest BCUT2D eigenvalue weighted by atomic mass is 9.95. The van der Waals surface area contributed by atoms with Gasteiger partial charge in [-0.05, 0) is 29.8 Å². The third-order valence-electron chi connectivity index (χ3n) is 4.94. The van der Waals surface area contributed by atoms with E-state index in [4.69, 9.17) is 16.3 Å². The van der Waals surface area contributed by atoms with Crippen molar-refractivity contribution in [2.45, 2.75) is 6.04 Å². The number of benzene rings is 2. The third-order valence-corrected chi connectivity index (χ3v) is 5.26. The Balaban J connectivity index is 1.97. The van der Waals surface area contributed by atoms with Gasteiger partial charge in [0.1, 0.15) is 5.52 Å². The molecule has 0 saturated carbocycles. The van der Waals surface area contributed by atoms with E-state index in [0.29, 0.717) is 27.1 Å². The van der Waals surface area contributed by atoms with Gasteiger partial charge in [0.15, 0.2) is 5.75 Å². The molecule has 1 N–H and O–H groups in total. The van der Waals surface area contributed by atoms with Gasteiger partial charge in [-0.3, -0.25) is 15.1 Å². The van der Waals surface area contributed by atoms with Crippen LogP contribution in [0.4, 0.5) is 16.4 Å². The highest BCUT2D eigenvalue weighted by atomic mass is 35.5. The SMILES string of the molecule is CN(C)C(=O)Oc1c(C(Nc2ncccn2)c2cccc([N+](=O)[O-])c2)cc(Cl)c2cccnc12. The van der Waals surface area contributed by atoms with Crippen molar-refractivity contribution >= 4 is 40.2 Å². The van der Waals surface area contributed by atoms with E-state index < -0.39 is 17.1 Å². The van der Waals surface area contributed by atoms with Crippen LogP contribution in [0.5, 0.6) is 5.75 Å². The number of halogens is 1. The average Bonchev–Trinajstić information content (AvgIpc) is 2.85. The number of non-ortho nitro benzene ring substituents is 1. The zero-order valence-electron chi connectivity index (χ0n) is 18.2. The van der Waals surface area contributed by atoms with Crippen molar-refractivity contribution < 1.29 is 14.5 Å². The fourth-order valence-electron chi connectivity index (χ4n) is 3.36. The summed E-state index contributed by atoms with van der Waals surface area (Å²) in [5, 5.41) is 15.6. The largest absolute Gasteiger partial charge is 0.414 e. The summed E-state index contributed by atoms with van der Waals surface area (Å²) in [4.78, 5) is 37.6. The number of anilines is 1. The van der Waals surface area contributed by atoms with Gasteiger partial charge in [-0.2, -0.15) is 0 Å². The number of nitrogens with zero attached hydrogens (tertiary/aromatic N) is 5. The van der Waals surface area contributed by atoms with E-state index in [2.05, 4.69) is 20.3 Å². The first kappa shape index (κ1) is 22.9. The minimum absolute atomic E-state index is 0.102. The van der Waals surface area contributed by atoms with Gasteiger partial charge >= 0.3 is 6.09 Å². The third kappa shape index (κ3) is 4.71. The number of hydrogen-bond donors (Lipinski definition) is 1. The van der Waals surface area contributed by atoms with Gasteiger partial charge in [0.25, 0.3) is 5.69 Å². The zero-order valence-corrected chi connectivity index (χ0v) is 18.9. The highest BCUT2D eigenvalue weighted by Crippen LogP contribution is 2.41. The number of pyridine rings is 1. The fourth-order valence-corrected chi connectivity index (χ4v) is 3.63. The van der Waals surface area contributed by atoms with Gasteiger partial charge in [-0.15, -0.1) is 0 Å². The molecule has 0 aliphatic rings. The Morgan fingerprint density at radius 3 is 2.53 bits per heavy atom. The topological polar surface area (TPSA) is 123 Å². The van der Waals surface area contributed by atoms with Crippen molar-refractivity contribution in [3.05, 3.63) is 93.4 Å². The number of carbonyl (C=O) groups excluding carboxylic acids is 1. The highest BCUT2D eigenvalue weighted by Gasteiger charge is 2.26. The van der Waals surface area contributed by atoms with E-state index in [0.717, 1.165) is 0 Å². The summed E-state index contributed by atoms with van der Waals surface area (Å²) in [5.74, 6) is 0.430. The second-order valence-electron chi connectivity index (χ2n) is 7.44. The number of fused-ring (bicyclic) bond motifs is 1. The molecule has 11 heteroatoms. The first-order valence-electron chi connectivity index (χ1n) is 10.1. The van der Waals surface area contributed by atoms with E-state index >= 15 is 0 Å². The molecule has 2 aromatic carbocycles. The molecule has 4 rings (SSSR count). The van der Waals surface area contributed by atoms with Crippen molar-refractivity contribution in [1.82, 2.24) is 19.9 Å². The van der Waals surface area contributed by atoms with Crippen LogP contribution in [0.2, 0.25) is 5.02 Å². The summed E-state index contributed by atoms with van der Waals surface area (Å²) in [6, 6.07) is 12.1. The molecule has 0 bridgehead atoms. The lowest BCUT2D eigenvalue weighted by Gasteiger charge is -2.24. The summed E-state index contributed by atoms with van der Waals surface area (Å²) in [6.07, 6.45) is 4.05. The Morgan fingerprint density at radius 2 is 1.82 bits per heavy atom. The maximum atomic E-state index is 12.6. The van der Waals surface area contributed by atoms with Crippen molar-refractivity contribution in [2.75, 3.05) is 19.4 Å². The molecule has 0 fully saturated rings. The molecule has 1 unspecified atom stereocenters. The van der Waals surface area contributed by atoms with Crippen LogP contribution in [0.15, 0.2) is 67.1 Å². The number of aromatic nitrogens is 3. The molecule has 34 heavy (non-hydrogen) atoms. The Morgan fingerprint density at radius 1 is 1.09 bits per heavy atom. The van der Waals surface area contributed by atoms with Gasteiger partial charge in [0.05, 0.1) is 16.0 Å². The van der Waals surface area contributed by atoms with Gasteiger partial charge < -0.3 is 15.0 Å². The first-order chi connectivity index (χ1) is 16.3. The van der Waals surface area contributed by atoms with E-state index in [9.17, 15) is 14.9 Å². The molecule has 0 aliphatic carbocycles. The molecular weight excluding hydrogens is 460 g/mol. The summed E-state index contributed by atoms with van der Waals surface area (Å²) in [6.45, 7) is 0. The Kier molecular flexibility index (Phi) is 6.51. The first-order valence-corrected chi connectivity index (χ1v) is 10.5. The van der Waals surface area contributed by atoms with Crippen LogP contribution >= 0.6 is 11.6 Å². The van der Waals surface area contributed by atoms with Crippen LogP contribution in [-0.2, 0) is 0 Å². The Labute approximate surface area is 199 Å². The molecule has 2 heterocycles. The quantitative estimate of drug-likeness (QED) is 0.308. The number of nitrogens with one attached hydrogen (secondary N) is 1. The summed E-state index contributed by atoms with van der Waals surface area (Å²) < 4.78 is 5.74. The maximum Gasteiger partial charge on any atom is 0.414 e. The second-order valence-corrected chi connectivity index (χ2v) is 7.85. The molecule has 10 nitrogen and oxygen atoms in total. The van der Waals surface area contributed by atoms with Crippen molar-refractivity contribution in [3.8, 4) is 5.75 Å². The molecular formula is C23H19ClN6O4. The van der Waals surface area contributed by atoms with Gasteiger partial charge in [0, 0.05) is 55.8 Å². The molecule has 0 spiro atoms. The minimum Gasteiger partial charge on any atom is -0.407 e. The summed E-state index contributed by atoms with van der Waals surface area (Å²) in [7, 11) is 3.11. The minimum atomic E-state index is -0.767. The van der Waals surface area contributed by atoms with Gasteiger partial charge in [-0.25, -0.2) is 14.8 Å². The van der Waals surface area contributed by atoms with Crippen LogP contribution in [0.3, 0.4) is 0 Å². The molecule has 0 aliphatic heterocycles. The number of nitro benzene ring substituents is 1. The number of ether oxygens (including phenoxy) is 1. The van der Waals surface area contributed by atoms with E-state index in [1.54, 1.807) is 69.1 Å².